The summed E-state index contributed by atoms with van der Waals surface area (Å²) in [6.07, 6.45) is 1.42. The Balaban J connectivity index is 2.24. The van der Waals surface area contributed by atoms with Crippen molar-refractivity contribution in [2.24, 2.45) is 0 Å². The Labute approximate surface area is 224 Å². The van der Waals surface area contributed by atoms with E-state index in [9.17, 15) is 18.0 Å². The third-order valence-corrected chi connectivity index (χ3v) is 7.58. The summed E-state index contributed by atoms with van der Waals surface area (Å²) in [5.74, 6) is -0.557. The third kappa shape index (κ3) is 8.39. The molecule has 1 N–H and O–H groups in total. The molecule has 36 heavy (non-hydrogen) atoms. The Morgan fingerprint density at radius 3 is 2.22 bits per heavy atom. The molecule has 0 saturated carbocycles. The van der Waals surface area contributed by atoms with E-state index in [2.05, 4.69) is 5.32 Å². The zero-order valence-corrected chi connectivity index (χ0v) is 24.0. The monoisotopic (exact) mass is 555 g/mol. The topological polar surface area (TPSA) is 86.8 Å². The van der Waals surface area contributed by atoms with Crippen LogP contribution in [0.1, 0.15) is 51.7 Å². The minimum absolute atomic E-state index is 0.0449. The maximum Gasteiger partial charge on any atom is 0.242 e. The first-order valence-electron chi connectivity index (χ1n) is 11.7. The van der Waals surface area contributed by atoms with Gasteiger partial charge in [0.2, 0.25) is 21.8 Å². The van der Waals surface area contributed by atoms with Crippen LogP contribution >= 0.6 is 23.2 Å². The zero-order chi connectivity index (χ0) is 27.3. The fraction of sp³-hybridized carbons (Fsp3) is 0.462. The molecule has 7 nitrogen and oxygen atoms in total. The van der Waals surface area contributed by atoms with Crippen LogP contribution in [0, 0.1) is 6.92 Å². The highest BCUT2D eigenvalue weighted by molar-refractivity contribution is 7.92. The van der Waals surface area contributed by atoms with Gasteiger partial charge in [0.25, 0.3) is 0 Å². The minimum Gasteiger partial charge on any atom is -0.350 e. The van der Waals surface area contributed by atoms with Crippen LogP contribution in [0.2, 0.25) is 10.0 Å². The summed E-state index contributed by atoms with van der Waals surface area (Å²) in [7, 11) is -3.61. The molecular formula is C26H35Cl2N3O4S. The lowest BCUT2D eigenvalue weighted by Crippen LogP contribution is -2.52. The van der Waals surface area contributed by atoms with Crippen molar-refractivity contribution in [3.63, 3.8) is 0 Å². The lowest BCUT2D eigenvalue weighted by Gasteiger charge is -2.32. The van der Waals surface area contributed by atoms with Gasteiger partial charge in [-0.1, -0.05) is 47.5 Å². The van der Waals surface area contributed by atoms with Crippen LogP contribution in [-0.2, 0) is 26.2 Å². The van der Waals surface area contributed by atoms with Crippen molar-refractivity contribution in [2.75, 3.05) is 17.1 Å². The number of rotatable bonds is 10. The lowest BCUT2D eigenvalue weighted by atomic mass is 10.1. The molecule has 0 saturated heterocycles. The molecule has 0 heterocycles. The van der Waals surface area contributed by atoms with Crippen LogP contribution < -0.4 is 9.62 Å². The van der Waals surface area contributed by atoms with E-state index in [0.29, 0.717) is 21.3 Å². The van der Waals surface area contributed by atoms with Crippen LogP contribution in [0.15, 0.2) is 42.5 Å². The quantitative estimate of drug-likeness (QED) is 0.437. The number of hydrogen-bond donors (Lipinski definition) is 1. The third-order valence-electron chi connectivity index (χ3n) is 5.62. The van der Waals surface area contributed by atoms with Gasteiger partial charge in [-0.05, 0) is 70.4 Å². The molecule has 0 bridgehead atoms. The number of sulfonamides is 1. The Morgan fingerprint density at radius 1 is 1.03 bits per heavy atom. The van der Waals surface area contributed by atoms with Crippen LogP contribution in [0.25, 0.3) is 0 Å². The number of amides is 2. The van der Waals surface area contributed by atoms with Crippen LogP contribution in [0.4, 0.5) is 5.69 Å². The molecule has 2 aromatic carbocycles. The van der Waals surface area contributed by atoms with Gasteiger partial charge in [0.15, 0.2) is 0 Å². The number of nitrogens with zero attached hydrogens (tertiary/aromatic N) is 2. The predicted octanol–water partition coefficient (Wildman–Crippen LogP) is 5.18. The summed E-state index contributed by atoms with van der Waals surface area (Å²) in [6, 6.07) is 11.5. The number of carbonyl (C=O) groups excluding carboxylic acids is 2. The van der Waals surface area contributed by atoms with Crippen molar-refractivity contribution in [1.82, 2.24) is 10.2 Å². The van der Waals surface area contributed by atoms with Gasteiger partial charge in [-0.25, -0.2) is 8.42 Å². The minimum atomic E-state index is -3.61. The SMILES string of the molecule is Cc1c(Cl)cccc1N(CCCC(=O)N(Cc1ccccc1Cl)[C@@H](C)C(=O)NC(C)(C)C)S(C)(=O)=O. The van der Waals surface area contributed by atoms with E-state index in [1.165, 1.54) is 9.21 Å². The maximum absolute atomic E-state index is 13.4. The molecule has 10 heteroatoms. The van der Waals surface area contributed by atoms with Gasteiger partial charge in [-0.2, -0.15) is 0 Å². The highest BCUT2D eigenvalue weighted by Crippen LogP contribution is 2.28. The standard InChI is InChI=1S/C26H35Cl2N3O4S/c1-18-21(27)13-9-14-23(18)31(36(6,34)35)16-10-15-24(32)30(17-20-11-7-8-12-22(20)28)19(2)25(33)29-26(3,4)5/h7-9,11-14,19H,10,15-17H2,1-6H3,(H,29,33)/t19-/m0/s1. The van der Waals surface area contributed by atoms with Crippen molar-refractivity contribution in [3.05, 3.63) is 63.6 Å². The average Bonchev–Trinajstić information content (AvgIpc) is 2.76. The molecule has 2 rings (SSSR count). The fourth-order valence-electron chi connectivity index (χ4n) is 3.72. The van der Waals surface area contributed by atoms with Crippen molar-refractivity contribution >= 4 is 50.7 Å². The normalized spacial score (nSPS) is 12.7. The second kappa shape index (κ2) is 12.3. The molecule has 0 aromatic heterocycles. The number of nitrogens with one attached hydrogen (secondary N) is 1. The van der Waals surface area contributed by atoms with Crippen molar-refractivity contribution in [3.8, 4) is 0 Å². The Kier molecular flexibility index (Phi) is 10.2. The van der Waals surface area contributed by atoms with Gasteiger partial charge in [0.05, 0.1) is 11.9 Å². The fourth-order valence-corrected chi connectivity index (χ4v) is 5.10. The molecule has 0 aliphatic heterocycles. The van der Waals surface area contributed by atoms with Crippen molar-refractivity contribution in [1.29, 1.82) is 0 Å². The summed E-state index contributed by atoms with van der Waals surface area (Å²) in [4.78, 5) is 27.8. The molecule has 0 aliphatic rings. The number of halogens is 2. The molecule has 1 atom stereocenters. The molecule has 2 amide bonds. The summed E-state index contributed by atoms with van der Waals surface area (Å²) >= 11 is 12.5. The number of hydrogen-bond acceptors (Lipinski definition) is 4. The highest BCUT2D eigenvalue weighted by Gasteiger charge is 2.29. The van der Waals surface area contributed by atoms with E-state index >= 15 is 0 Å². The Bertz CT molecular complexity index is 1200. The van der Waals surface area contributed by atoms with Gasteiger partial charge in [-0.15, -0.1) is 0 Å². The molecule has 0 aliphatic carbocycles. The van der Waals surface area contributed by atoms with Gasteiger partial charge in [-0.3, -0.25) is 13.9 Å². The van der Waals surface area contributed by atoms with Gasteiger partial charge in [0.1, 0.15) is 6.04 Å². The second-order valence-electron chi connectivity index (χ2n) is 9.85. The maximum atomic E-state index is 13.4. The first kappa shape index (κ1) is 29.9. The first-order chi connectivity index (χ1) is 16.6. The molecule has 198 valence electrons. The Hall–Kier alpha value is -2.29. The zero-order valence-electron chi connectivity index (χ0n) is 21.6. The van der Waals surface area contributed by atoms with E-state index < -0.39 is 21.6 Å². The van der Waals surface area contributed by atoms with Gasteiger partial charge in [0, 0.05) is 35.1 Å². The van der Waals surface area contributed by atoms with Crippen molar-refractivity contribution in [2.45, 2.75) is 65.6 Å². The molecule has 0 radical (unpaired) electrons. The summed E-state index contributed by atoms with van der Waals surface area (Å²) in [5, 5.41) is 3.87. The van der Waals surface area contributed by atoms with Crippen molar-refractivity contribution < 1.29 is 18.0 Å². The van der Waals surface area contributed by atoms with Gasteiger partial charge < -0.3 is 10.2 Å². The molecule has 0 fully saturated rings. The van der Waals surface area contributed by atoms with E-state index in [1.54, 1.807) is 44.2 Å². The average molecular weight is 557 g/mol. The second-order valence-corrected chi connectivity index (χ2v) is 12.6. The Morgan fingerprint density at radius 2 is 1.64 bits per heavy atom. The largest absolute Gasteiger partial charge is 0.350 e. The smallest absolute Gasteiger partial charge is 0.242 e. The molecule has 0 unspecified atom stereocenters. The number of benzene rings is 2. The molecular weight excluding hydrogens is 521 g/mol. The highest BCUT2D eigenvalue weighted by atomic mass is 35.5. The van der Waals surface area contributed by atoms with Crippen LogP contribution in [0.3, 0.4) is 0 Å². The molecule has 0 spiro atoms. The summed E-state index contributed by atoms with van der Waals surface area (Å²) in [5.41, 5.74) is 1.37. The van der Waals surface area contributed by atoms with E-state index in [4.69, 9.17) is 23.2 Å². The summed E-state index contributed by atoms with van der Waals surface area (Å²) < 4.78 is 26.3. The van der Waals surface area contributed by atoms with E-state index in [-0.39, 0.29) is 37.7 Å². The van der Waals surface area contributed by atoms with Crippen LogP contribution in [0.5, 0.6) is 0 Å². The van der Waals surface area contributed by atoms with Gasteiger partial charge >= 0.3 is 0 Å². The predicted molar refractivity (Wildman–Crippen MR) is 147 cm³/mol. The lowest BCUT2D eigenvalue weighted by molar-refractivity contribution is -0.141. The van der Waals surface area contributed by atoms with E-state index in [1.807, 2.05) is 32.9 Å². The summed E-state index contributed by atoms with van der Waals surface area (Å²) in [6.45, 7) is 9.28. The number of carbonyl (C=O) groups is 2. The van der Waals surface area contributed by atoms with Crippen LogP contribution in [-0.4, -0.2) is 49.5 Å². The number of anilines is 1. The first-order valence-corrected chi connectivity index (χ1v) is 14.3. The van der Waals surface area contributed by atoms with E-state index in [0.717, 1.165) is 11.8 Å². The molecule has 2 aromatic rings.